The number of allylic oxidation sites excluding steroid dienone is 2. The molecule has 1 aromatic heterocycles. The van der Waals surface area contributed by atoms with Crippen LogP contribution in [0, 0.1) is 0 Å². The quantitative estimate of drug-likeness (QED) is 0.301. The number of hydrogen-bond donors (Lipinski definition) is 2. The van der Waals surface area contributed by atoms with Gasteiger partial charge in [0.2, 0.25) is 0 Å². The third-order valence-electron chi connectivity index (χ3n) is 5.84. The number of aromatic amines is 1. The van der Waals surface area contributed by atoms with Crippen LogP contribution in [0.15, 0.2) is 63.7 Å². The number of nitrogens with zero attached hydrogens (tertiary/aromatic N) is 1. The van der Waals surface area contributed by atoms with Crippen molar-refractivity contribution in [3.8, 4) is 0 Å². The number of fused-ring (bicyclic) bond motifs is 1. The van der Waals surface area contributed by atoms with Gasteiger partial charge in [0, 0.05) is 34.4 Å². The van der Waals surface area contributed by atoms with Crippen molar-refractivity contribution in [1.29, 1.82) is 0 Å². The van der Waals surface area contributed by atoms with E-state index in [0.29, 0.717) is 49.4 Å². The summed E-state index contributed by atoms with van der Waals surface area (Å²) in [7, 11) is 0. The van der Waals surface area contributed by atoms with E-state index in [1.54, 1.807) is 18.2 Å². The van der Waals surface area contributed by atoms with Gasteiger partial charge in [0.25, 0.3) is 5.56 Å². The molecule has 3 aromatic rings. The Morgan fingerprint density at radius 3 is 2.61 bits per heavy atom. The third kappa shape index (κ3) is 4.33. The molecule has 0 bridgehead atoms. The minimum absolute atomic E-state index is 0.0297. The summed E-state index contributed by atoms with van der Waals surface area (Å²) in [6.45, 7) is 0. The second-order valence-corrected chi connectivity index (χ2v) is 10.1. The van der Waals surface area contributed by atoms with Crippen molar-refractivity contribution < 1.29 is 4.79 Å². The van der Waals surface area contributed by atoms with Gasteiger partial charge in [-0.1, -0.05) is 70.8 Å². The number of halogens is 3. The van der Waals surface area contributed by atoms with E-state index in [2.05, 4.69) is 10.3 Å². The van der Waals surface area contributed by atoms with E-state index in [4.69, 9.17) is 39.8 Å². The molecule has 168 valence electrons. The molecule has 1 unspecified atom stereocenters. The van der Waals surface area contributed by atoms with Gasteiger partial charge in [0.05, 0.1) is 15.6 Å². The van der Waals surface area contributed by atoms with Gasteiger partial charge in [-0.05, 0) is 42.2 Å². The van der Waals surface area contributed by atoms with Gasteiger partial charge in [-0.25, -0.2) is 4.98 Å². The normalized spacial score (nSPS) is 17.4. The summed E-state index contributed by atoms with van der Waals surface area (Å²) in [6.07, 6.45) is 1.92. The van der Waals surface area contributed by atoms with Crippen LogP contribution >= 0.6 is 46.6 Å². The molecule has 0 spiro atoms. The van der Waals surface area contributed by atoms with Crippen LogP contribution in [0.1, 0.15) is 41.9 Å². The second kappa shape index (κ2) is 9.18. The first-order chi connectivity index (χ1) is 15.9. The number of anilines is 1. The number of nitrogens with one attached hydrogen (secondary N) is 2. The Morgan fingerprint density at radius 2 is 1.82 bits per heavy atom. The molecule has 0 saturated carbocycles. The predicted molar refractivity (Wildman–Crippen MR) is 134 cm³/mol. The zero-order valence-electron chi connectivity index (χ0n) is 17.3. The summed E-state index contributed by atoms with van der Waals surface area (Å²) >= 11 is 20.1. The van der Waals surface area contributed by atoms with Gasteiger partial charge in [0.15, 0.2) is 10.9 Å². The highest BCUT2D eigenvalue weighted by Gasteiger charge is 2.38. The van der Waals surface area contributed by atoms with Crippen molar-refractivity contribution in [3.63, 3.8) is 0 Å². The molecular weight excluding hydrogens is 501 g/mol. The Morgan fingerprint density at radius 1 is 1.00 bits per heavy atom. The zero-order chi connectivity index (χ0) is 23.1. The molecule has 2 N–H and O–H groups in total. The van der Waals surface area contributed by atoms with Crippen LogP contribution in [0.3, 0.4) is 0 Å². The fraction of sp³-hybridized carbons (Fsp3) is 0.208. The van der Waals surface area contributed by atoms with Crippen molar-refractivity contribution >= 4 is 58.2 Å². The standard InChI is InChI=1S/C24H18Cl3N3O2S/c25-14-5-2-1-4-13(14)11-33-24-29-22-21(23(32)30-24)19(12-8-9-15(26)16(27)10-12)20-17(28-22)6-3-7-18(20)31/h1-2,4-5,8-10,19H,3,6-7,11H2,(H2,28,29,30,32). The van der Waals surface area contributed by atoms with E-state index in [-0.39, 0.29) is 11.3 Å². The van der Waals surface area contributed by atoms with E-state index in [1.807, 2.05) is 24.3 Å². The SMILES string of the molecule is O=C1CCCC2=C1C(c1ccc(Cl)c(Cl)c1)c1c(nc(SCc3ccccc3Cl)[nH]c1=O)N2. The monoisotopic (exact) mass is 517 g/mol. The number of ketones is 1. The van der Waals surface area contributed by atoms with Crippen molar-refractivity contribution in [2.75, 3.05) is 5.32 Å². The highest BCUT2D eigenvalue weighted by molar-refractivity contribution is 7.98. The van der Waals surface area contributed by atoms with Crippen molar-refractivity contribution in [3.05, 3.63) is 95.8 Å². The number of carbonyl (C=O) groups is 1. The summed E-state index contributed by atoms with van der Waals surface area (Å²) in [5.41, 5.74) is 3.22. The van der Waals surface area contributed by atoms with Gasteiger partial charge in [-0.2, -0.15) is 0 Å². The number of hydrogen-bond acceptors (Lipinski definition) is 5. The summed E-state index contributed by atoms with van der Waals surface area (Å²) < 4.78 is 0. The lowest BCUT2D eigenvalue weighted by Crippen LogP contribution is -2.32. The number of benzene rings is 2. The fourth-order valence-electron chi connectivity index (χ4n) is 4.30. The van der Waals surface area contributed by atoms with Gasteiger partial charge < -0.3 is 10.3 Å². The van der Waals surface area contributed by atoms with E-state index in [0.717, 1.165) is 29.7 Å². The number of rotatable bonds is 4. The molecule has 2 heterocycles. The molecule has 0 fully saturated rings. The van der Waals surface area contributed by atoms with Crippen LogP contribution in [-0.4, -0.2) is 15.8 Å². The van der Waals surface area contributed by atoms with Crippen LogP contribution in [0.5, 0.6) is 0 Å². The highest BCUT2D eigenvalue weighted by atomic mass is 35.5. The molecule has 1 aliphatic heterocycles. The first-order valence-corrected chi connectivity index (χ1v) is 12.5. The van der Waals surface area contributed by atoms with Gasteiger partial charge in [-0.3, -0.25) is 9.59 Å². The van der Waals surface area contributed by atoms with E-state index in [9.17, 15) is 9.59 Å². The van der Waals surface area contributed by atoms with Crippen molar-refractivity contribution in [2.24, 2.45) is 0 Å². The van der Waals surface area contributed by atoms with Crippen LogP contribution in [0.2, 0.25) is 15.1 Å². The third-order valence-corrected chi connectivity index (χ3v) is 7.87. The number of thioether (sulfide) groups is 1. The Labute approximate surface area is 209 Å². The first kappa shape index (κ1) is 22.5. The number of aromatic nitrogens is 2. The summed E-state index contributed by atoms with van der Waals surface area (Å²) in [4.78, 5) is 33.8. The van der Waals surface area contributed by atoms with Gasteiger partial charge in [-0.15, -0.1) is 0 Å². The molecule has 2 aliphatic rings. The smallest absolute Gasteiger partial charge is 0.257 e. The Bertz CT molecular complexity index is 1370. The lowest BCUT2D eigenvalue weighted by atomic mass is 9.76. The Kier molecular flexibility index (Phi) is 6.27. The van der Waals surface area contributed by atoms with E-state index < -0.39 is 5.92 Å². The maximum atomic E-state index is 13.3. The van der Waals surface area contributed by atoms with E-state index >= 15 is 0 Å². The van der Waals surface area contributed by atoms with Crippen molar-refractivity contribution in [1.82, 2.24) is 9.97 Å². The molecule has 1 aliphatic carbocycles. The Hall–Kier alpha value is -2.25. The largest absolute Gasteiger partial charge is 0.343 e. The van der Waals surface area contributed by atoms with Crippen molar-refractivity contribution in [2.45, 2.75) is 36.1 Å². The summed E-state index contributed by atoms with van der Waals surface area (Å²) in [6, 6.07) is 12.8. The fourth-order valence-corrected chi connectivity index (χ4v) is 5.75. The molecule has 0 saturated heterocycles. The minimum Gasteiger partial charge on any atom is -0.343 e. The summed E-state index contributed by atoms with van der Waals surface area (Å²) in [5.74, 6) is 0.494. The molecule has 33 heavy (non-hydrogen) atoms. The maximum absolute atomic E-state index is 13.3. The van der Waals surface area contributed by atoms with Gasteiger partial charge >= 0.3 is 0 Å². The minimum atomic E-state index is -0.558. The average Bonchev–Trinajstić information content (AvgIpc) is 2.79. The first-order valence-electron chi connectivity index (χ1n) is 10.4. The maximum Gasteiger partial charge on any atom is 0.257 e. The molecule has 5 nitrogen and oxygen atoms in total. The van der Waals surface area contributed by atoms with Crippen LogP contribution in [0.25, 0.3) is 0 Å². The second-order valence-electron chi connectivity index (χ2n) is 7.91. The summed E-state index contributed by atoms with van der Waals surface area (Å²) in [5, 5.41) is 5.20. The van der Waals surface area contributed by atoms with Gasteiger partial charge in [0.1, 0.15) is 5.82 Å². The van der Waals surface area contributed by atoms with Crippen LogP contribution < -0.4 is 10.9 Å². The lowest BCUT2D eigenvalue weighted by Gasteiger charge is -2.32. The molecule has 0 radical (unpaired) electrons. The molecule has 2 aromatic carbocycles. The predicted octanol–water partition coefficient (Wildman–Crippen LogP) is 6.59. The molecule has 1 atom stereocenters. The lowest BCUT2D eigenvalue weighted by molar-refractivity contribution is -0.116. The van der Waals surface area contributed by atoms with Crippen LogP contribution in [-0.2, 0) is 10.5 Å². The van der Waals surface area contributed by atoms with Crippen LogP contribution in [0.4, 0.5) is 5.82 Å². The number of Topliss-reactive ketones (excluding diaryl/α,β-unsaturated/α-hetero) is 1. The molecule has 9 heteroatoms. The average molecular weight is 519 g/mol. The molecular formula is C24H18Cl3N3O2S. The molecule has 0 amide bonds. The zero-order valence-corrected chi connectivity index (χ0v) is 20.3. The number of carbonyl (C=O) groups excluding carboxylic acids is 1. The number of H-pyrrole nitrogens is 1. The highest BCUT2D eigenvalue weighted by Crippen LogP contribution is 2.44. The molecule has 5 rings (SSSR count). The van der Waals surface area contributed by atoms with E-state index in [1.165, 1.54) is 11.8 Å². The topological polar surface area (TPSA) is 74.8 Å². The Balaban J connectivity index is 1.58.